The molecule has 2 amide bonds. The maximum atomic E-state index is 12.9. The van der Waals surface area contributed by atoms with Crippen molar-refractivity contribution in [3.8, 4) is 0 Å². The number of furan rings is 1. The fourth-order valence-corrected chi connectivity index (χ4v) is 2.13. The summed E-state index contributed by atoms with van der Waals surface area (Å²) in [5.41, 5.74) is -1.42. The number of benzene rings is 1. The van der Waals surface area contributed by atoms with E-state index < -0.39 is 46.6 Å². The maximum absolute atomic E-state index is 12.9. The second-order valence-corrected chi connectivity index (χ2v) is 5.55. The van der Waals surface area contributed by atoms with E-state index >= 15 is 0 Å². The number of amides is 2. The lowest BCUT2D eigenvalue weighted by Gasteiger charge is -2.17. The molecule has 0 unspecified atom stereocenters. The molecule has 0 aliphatic rings. The van der Waals surface area contributed by atoms with E-state index in [1.807, 2.05) is 0 Å². The van der Waals surface area contributed by atoms with Gasteiger partial charge < -0.3 is 14.6 Å². The predicted octanol–water partition coefficient (Wildman–Crippen LogP) is 3.32. The Morgan fingerprint density at radius 1 is 1.25 bits per heavy atom. The minimum Gasteiger partial charge on any atom is -0.401 e. The zero-order chi connectivity index (χ0) is 20.9. The summed E-state index contributed by atoms with van der Waals surface area (Å²) in [5.74, 6) is -1.92. The Morgan fingerprint density at radius 3 is 2.54 bits per heavy atom. The third-order valence-electron chi connectivity index (χ3n) is 3.45. The first kappa shape index (κ1) is 20.7. The molecule has 0 fully saturated rings. The van der Waals surface area contributed by atoms with Gasteiger partial charge >= 0.3 is 12.1 Å². The van der Waals surface area contributed by atoms with Gasteiger partial charge in [0.2, 0.25) is 11.8 Å². The fourth-order valence-electron chi connectivity index (χ4n) is 2.13. The molecule has 0 radical (unpaired) electrons. The first-order valence-corrected chi connectivity index (χ1v) is 7.71. The van der Waals surface area contributed by atoms with Crippen LogP contribution in [0.5, 0.6) is 0 Å². The van der Waals surface area contributed by atoms with Crippen molar-refractivity contribution >= 4 is 29.5 Å². The van der Waals surface area contributed by atoms with Crippen LogP contribution < -0.4 is 5.32 Å². The van der Waals surface area contributed by atoms with Crippen molar-refractivity contribution in [1.29, 1.82) is 0 Å². The van der Waals surface area contributed by atoms with E-state index in [1.54, 1.807) is 0 Å². The number of nitrogens with zero attached hydrogens (tertiary/aromatic N) is 2. The first-order chi connectivity index (χ1) is 13.1. The van der Waals surface area contributed by atoms with Crippen molar-refractivity contribution in [2.24, 2.45) is 0 Å². The molecule has 148 valence electrons. The molecule has 0 spiro atoms. The fraction of sp³-hybridized carbons (Fsp3) is 0.176. The lowest BCUT2D eigenvalue weighted by molar-refractivity contribution is -0.402. The van der Waals surface area contributed by atoms with Crippen LogP contribution in [0.4, 0.5) is 24.7 Å². The number of alkyl halides is 3. The quantitative estimate of drug-likeness (QED) is 0.457. The van der Waals surface area contributed by atoms with E-state index in [2.05, 4.69) is 5.32 Å². The third kappa shape index (κ3) is 5.43. The Labute approximate surface area is 156 Å². The molecular formula is C17H14F3N3O5. The van der Waals surface area contributed by atoms with Gasteiger partial charge in [-0.25, -0.2) is 0 Å². The average Bonchev–Trinajstić information content (AvgIpc) is 3.08. The van der Waals surface area contributed by atoms with Crippen molar-refractivity contribution in [3.05, 3.63) is 63.9 Å². The molecule has 0 saturated carbocycles. The van der Waals surface area contributed by atoms with Crippen molar-refractivity contribution in [2.45, 2.75) is 6.18 Å². The number of likely N-dealkylation sites (N-methyl/N-ethyl adjacent to an activating group) is 1. The summed E-state index contributed by atoms with van der Waals surface area (Å²) in [6.07, 6.45) is -2.46. The minimum atomic E-state index is -4.64. The Hall–Kier alpha value is -3.63. The van der Waals surface area contributed by atoms with Crippen molar-refractivity contribution in [1.82, 2.24) is 4.90 Å². The topological polar surface area (TPSA) is 106 Å². The number of carbonyl (C=O) groups is 2. The van der Waals surface area contributed by atoms with Crippen LogP contribution in [-0.4, -0.2) is 35.2 Å². The monoisotopic (exact) mass is 397 g/mol. The summed E-state index contributed by atoms with van der Waals surface area (Å²) >= 11 is 0. The Balaban J connectivity index is 1.97. The third-order valence-corrected chi connectivity index (χ3v) is 3.45. The van der Waals surface area contributed by atoms with E-state index in [0.29, 0.717) is 0 Å². The van der Waals surface area contributed by atoms with Gasteiger partial charge in [0, 0.05) is 13.1 Å². The molecule has 8 nitrogen and oxygen atoms in total. The van der Waals surface area contributed by atoms with Crippen LogP contribution in [0.1, 0.15) is 11.3 Å². The largest absolute Gasteiger partial charge is 0.433 e. The van der Waals surface area contributed by atoms with Gasteiger partial charge in [-0.15, -0.1) is 0 Å². The zero-order valence-electron chi connectivity index (χ0n) is 14.4. The van der Waals surface area contributed by atoms with Gasteiger partial charge in [0.15, 0.2) is 0 Å². The van der Waals surface area contributed by atoms with Gasteiger partial charge in [0.1, 0.15) is 10.7 Å². The number of hydrogen-bond donors (Lipinski definition) is 1. The number of nitrogens with one attached hydrogen (secondary N) is 1. The van der Waals surface area contributed by atoms with Crippen LogP contribution in [0.15, 0.2) is 46.9 Å². The van der Waals surface area contributed by atoms with E-state index in [0.717, 1.165) is 29.2 Å². The predicted molar refractivity (Wildman–Crippen MR) is 92.1 cm³/mol. The lowest BCUT2D eigenvalue weighted by Crippen LogP contribution is -2.34. The Kier molecular flexibility index (Phi) is 6.18. The van der Waals surface area contributed by atoms with E-state index in [-0.39, 0.29) is 5.76 Å². The Bertz CT molecular complexity index is 921. The molecule has 1 aromatic carbocycles. The SMILES string of the molecule is CN(CC(=O)Nc1ccccc1C(F)(F)F)C(=O)/C=C/c1ccc([N+](=O)[O-])o1. The van der Waals surface area contributed by atoms with Crippen LogP contribution in [0, 0.1) is 10.1 Å². The van der Waals surface area contributed by atoms with Crippen LogP contribution >= 0.6 is 0 Å². The van der Waals surface area contributed by atoms with Crippen LogP contribution in [-0.2, 0) is 15.8 Å². The second kappa shape index (κ2) is 8.37. The molecule has 0 aliphatic carbocycles. The van der Waals surface area contributed by atoms with Gasteiger partial charge in [0.05, 0.1) is 23.9 Å². The number of halogens is 3. The normalized spacial score (nSPS) is 11.4. The molecule has 11 heteroatoms. The minimum absolute atomic E-state index is 0.0528. The number of anilines is 1. The van der Waals surface area contributed by atoms with Gasteiger partial charge in [-0.3, -0.25) is 19.7 Å². The van der Waals surface area contributed by atoms with Crippen LogP contribution in [0.25, 0.3) is 6.08 Å². The Morgan fingerprint density at radius 2 is 1.93 bits per heavy atom. The van der Waals surface area contributed by atoms with Gasteiger partial charge in [0.25, 0.3) is 0 Å². The van der Waals surface area contributed by atoms with Gasteiger partial charge in [-0.1, -0.05) is 12.1 Å². The van der Waals surface area contributed by atoms with Crippen LogP contribution in [0.2, 0.25) is 0 Å². The molecule has 1 N–H and O–H groups in total. The van der Waals surface area contributed by atoms with Gasteiger partial charge in [-0.05, 0) is 24.3 Å². The van der Waals surface area contributed by atoms with Crippen molar-refractivity contribution in [3.63, 3.8) is 0 Å². The number of nitro groups is 1. The number of carbonyl (C=O) groups excluding carboxylic acids is 2. The number of hydrogen-bond acceptors (Lipinski definition) is 5. The summed E-state index contributed by atoms with van der Waals surface area (Å²) in [6.45, 7) is -0.506. The molecule has 1 aromatic heterocycles. The summed E-state index contributed by atoms with van der Waals surface area (Å²) in [4.78, 5) is 34.7. The molecule has 1 heterocycles. The highest BCUT2D eigenvalue weighted by molar-refractivity contribution is 5.98. The summed E-state index contributed by atoms with van der Waals surface area (Å²) in [5, 5.41) is 12.6. The van der Waals surface area contributed by atoms with Crippen molar-refractivity contribution in [2.75, 3.05) is 18.9 Å². The first-order valence-electron chi connectivity index (χ1n) is 7.71. The number of para-hydroxylation sites is 1. The van der Waals surface area contributed by atoms with E-state index in [9.17, 15) is 32.9 Å². The second-order valence-electron chi connectivity index (χ2n) is 5.55. The lowest BCUT2D eigenvalue weighted by atomic mass is 10.1. The smallest absolute Gasteiger partial charge is 0.401 e. The van der Waals surface area contributed by atoms with Crippen LogP contribution in [0.3, 0.4) is 0 Å². The summed E-state index contributed by atoms with van der Waals surface area (Å²) in [6, 6.07) is 6.85. The molecule has 2 aromatic rings. The molecule has 28 heavy (non-hydrogen) atoms. The molecule has 0 saturated heterocycles. The highest BCUT2D eigenvalue weighted by Gasteiger charge is 2.33. The average molecular weight is 397 g/mol. The highest BCUT2D eigenvalue weighted by atomic mass is 19.4. The van der Waals surface area contributed by atoms with E-state index in [1.165, 1.54) is 31.3 Å². The molecule has 2 rings (SSSR count). The summed E-state index contributed by atoms with van der Waals surface area (Å²) < 4.78 is 43.6. The standard InChI is InChI=1S/C17H14F3N3O5/c1-22(15(25)8-6-11-7-9-16(28-11)23(26)27)10-14(24)21-13-5-3-2-4-12(13)17(18,19)20/h2-9H,10H2,1H3,(H,21,24)/b8-6+. The highest BCUT2D eigenvalue weighted by Crippen LogP contribution is 2.34. The number of rotatable bonds is 6. The van der Waals surface area contributed by atoms with Crippen molar-refractivity contribution < 1.29 is 32.1 Å². The molecule has 0 bridgehead atoms. The van der Waals surface area contributed by atoms with E-state index in [4.69, 9.17) is 4.42 Å². The zero-order valence-corrected chi connectivity index (χ0v) is 14.4. The van der Waals surface area contributed by atoms with Gasteiger partial charge in [-0.2, -0.15) is 13.2 Å². The molecular weight excluding hydrogens is 383 g/mol. The molecule has 0 aliphatic heterocycles. The summed E-state index contributed by atoms with van der Waals surface area (Å²) in [7, 11) is 1.27. The maximum Gasteiger partial charge on any atom is 0.433 e. The molecule has 0 atom stereocenters.